The average Bonchev–Trinajstić information content (AvgIpc) is 2.75. The lowest BCUT2D eigenvalue weighted by molar-refractivity contribution is -0.462. The fourth-order valence-electron chi connectivity index (χ4n) is 2.78. The third kappa shape index (κ3) is 5.05. The molecule has 1 aromatic rings. The van der Waals surface area contributed by atoms with Crippen LogP contribution in [0.3, 0.4) is 0 Å². The number of hydrogen-bond acceptors (Lipinski definition) is 2. The van der Waals surface area contributed by atoms with Gasteiger partial charge in [0.05, 0.1) is 12.7 Å². The lowest BCUT2D eigenvalue weighted by atomic mass is 9.87. The highest BCUT2D eigenvalue weighted by Gasteiger charge is 2.95. The zero-order valence-electron chi connectivity index (χ0n) is 18.3. The summed E-state index contributed by atoms with van der Waals surface area (Å²) in [6.07, 6.45) is -13.6. The maximum atomic E-state index is 14.1. The maximum Gasteiger partial charge on any atom is 0.460 e. The number of aliphatic hydroxyl groups excluding tert-OH is 1. The molecule has 2 nitrogen and oxygen atoms in total. The van der Waals surface area contributed by atoms with Crippen LogP contribution in [0.15, 0.2) is 24.3 Å². The minimum absolute atomic E-state index is 0.188. The minimum Gasteiger partial charge on any atom is -0.493 e. The fraction of sp³-hybridized carbons (Fsp3) is 0.684. The molecule has 0 saturated carbocycles. The van der Waals surface area contributed by atoms with Gasteiger partial charge in [0.25, 0.3) is 0 Å². The van der Waals surface area contributed by atoms with Crippen LogP contribution in [0.4, 0.5) is 74.6 Å². The molecule has 1 atom stereocenters. The Kier molecular flexibility index (Phi) is 8.97. The van der Waals surface area contributed by atoms with Gasteiger partial charge in [-0.3, -0.25) is 0 Å². The molecule has 0 aliphatic rings. The van der Waals surface area contributed by atoms with E-state index in [0.717, 1.165) is 18.2 Å². The van der Waals surface area contributed by atoms with Crippen molar-refractivity contribution >= 4 is 0 Å². The predicted molar refractivity (Wildman–Crippen MR) is 92.5 cm³/mol. The molecular weight excluding hydrogens is 583 g/mol. The van der Waals surface area contributed by atoms with E-state index in [9.17, 15) is 79.7 Å². The molecule has 0 saturated heterocycles. The highest BCUT2D eigenvalue weighted by Crippen LogP contribution is 2.64. The van der Waals surface area contributed by atoms with E-state index in [0.29, 0.717) is 6.07 Å². The van der Waals surface area contributed by atoms with E-state index in [1.807, 2.05) is 0 Å². The van der Waals surface area contributed by atoms with Gasteiger partial charge in [0.15, 0.2) is 0 Å². The van der Waals surface area contributed by atoms with Crippen molar-refractivity contribution in [2.75, 3.05) is 6.61 Å². The summed E-state index contributed by atoms with van der Waals surface area (Å²) in [4.78, 5) is 0. The zero-order chi connectivity index (χ0) is 30.4. The number of para-hydroxylation sites is 1. The van der Waals surface area contributed by atoms with Gasteiger partial charge in [-0.2, -0.15) is 74.6 Å². The summed E-state index contributed by atoms with van der Waals surface area (Å²) in [5.41, 5.74) is -0.840. The molecule has 1 N–H and O–H groups in total. The Morgan fingerprint density at radius 3 is 1.45 bits per heavy atom. The molecule has 38 heavy (non-hydrogen) atoms. The van der Waals surface area contributed by atoms with Crippen LogP contribution in [0, 0.1) is 0 Å². The van der Waals surface area contributed by atoms with E-state index in [4.69, 9.17) is 4.74 Å². The number of halogens is 17. The standard InChI is InChI=1S/C19H15F17O2/c1-2-7-38-11-6-4-3-5-9(11)10(37)8-12(20,21)13(22,23)14(24,25)15(26,27)16(28,29)17(30,31)18(32,33)19(34,35)36/h3-6,10,37H,2,7-8H2,1H3. The van der Waals surface area contributed by atoms with Crippen molar-refractivity contribution in [3.05, 3.63) is 29.8 Å². The van der Waals surface area contributed by atoms with Gasteiger partial charge in [0.1, 0.15) is 5.75 Å². The van der Waals surface area contributed by atoms with E-state index < -0.39 is 71.5 Å². The van der Waals surface area contributed by atoms with E-state index in [1.54, 1.807) is 0 Å². The van der Waals surface area contributed by atoms with Crippen LogP contribution in [0.5, 0.6) is 5.75 Å². The number of rotatable bonds is 12. The number of ether oxygens (including phenoxy) is 1. The van der Waals surface area contributed by atoms with Crippen LogP contribution in [0.1, 0.15) is 31.4 Å². The first-order valence-electron chi connectivity index (χ1n) is 9.80. The molecule has 1 rings (SSSR count). The number of aliphatic hydroxyl groups is 1. The molecule has 0 aromatic heterocycles. The van der Waals surface area contributed by atoms with Gasteiger partial charge in [0, 0.05) is 12.0 Å². The molecule has 0 spiro atoms. The number of hydrogen-bond donors (Lipinski definition) is 1. The molecule has 1 aromatic carbocycles. The Morgan fingerprint density at radius 1 is 0.632 bits per heavy atom. The second kappa shape index (κ2) is 10.1. The predicted octanol–water partition coefficient (Wildman–Crippen LogP) is 7.91. The molecule has 0 heterocycles. The Morgan fingerprint density at radius 2 is 1.03 bits per heavy atom. The van der Waals surface area contributed by atoms with E-state index in [1.165, 1.54) is 6.92 Å². The molecule has 1 unspecified atom stereocenters. The van der Waals surface area contributed by atoms with Gasteiger partial charge in [-0.25, -0.2) is 0 Å². The van der Waals surface area contributed by atoms with E-state index >= 15 is 0 Å². The van der Waals surface area contributed by atoms with Crippen LogP contribution in [0.2, 0.25) is 0 Å². The van der Waals surface area contributed by atoms with Gasteiger partial charge < -0.3 is 9.84 Å². The van der Waals surface area contributed by atoms with Gasteiger partial charge in [-0.1, -0.05) is 25.1 Å². The molecule has 0 radical (unpaired) electrons. The Balaban J connectivity index is 3.53. The molecule has 222 valence electrons. The zero-order valence-corrected chi connectivity index (χ0v) is 18.3. The Labute approximate surface area is 201 Å². The van der Waals surface area contributed by atoms with Crippen LogP contribution < -0.4 is 4.74 Å². The monoisotopic (exact) mass is 598 g/mol. The largest absolute Gasteiger partial charge is 0.493 e. The van der Waals surface area contributed by atoms with Crippen molar-refractivity contribution in [1.82, 2.24) is 0 Å². The third-order valence-corrected chi connectivity index (χ3v) is 4.98. The summed E-state index contributed by atoms with van der Waals surface area (Å²) < 4.78 is 232. The summed E-state index contributed by atoms with van der Waals surface area (Å²) in [5.74, 6) is -57.6. The normalized spacial score (nSPS) is 16.0. The Hall–Kier alpha value is -2.21. The van der Waals surface area contributed by atoms with Crippen molar-refractivity contribution in [2.24, 2.45) is 0 Å². The minimum atomic E-state index is -8.69. The van der Waals surface area contributed by atoms with Crippen molar-refractivity contribution in [2.45, 2.75) is 73.5 Å². The van der Waals surface area contributed by atoms with Crippen molar-refractivity contribution in [3.8, 4) is 5.75 Å². The molecule has 0 amide bonds. The third-order valence-electron chi connectivity index (χ3n) is 4.98. The van der Waals surface area contributed by atoms with Crippen LogP contribution >= 0.6 is 0 Å². The average molecular weight is 598 g/mol. The summed E-state index contributed by atoms with van der Waals surface area (Å²) >= 11 is 0. The first-order valence-corrected chi connectivity index (χ1v) is 9.80. The highest BCUT2D eigenvalue weighted by atomic mass is 19.4. The van der Waals surface area contributed by atoms with E-state index in [-0.39, 0.29) is 13.0 Å². The van der Waals surface area contributed by atoms with Crippen molar-refractivity contribution in [1.29, 1.82) is 0 Å². The highest BCUT2D eigenvalue weighted by molar-refractivity contribution is 5.35. The molecule has 0 aliphatic heterocycles. The molecule has 0 bridgehead atoms. The van der Waals surface area contributed by atoms with Crippen molar-refractivity contribution in [3.63, 3.8) is 0 Å². The van der Waals surface area contributed by atoms with Crippen LogP contribution in [-0.4, -0.2) is 59.3 Å². The molecule has 0 aliphatic carbocycles. The Bertz CT molecular complexity index is 955. The van der Waals surface area contributed by atoms with Gasteiger partial charge in [-0.15, -0.1) is 0 Å². The van der Waals surface area contributed by atoms with Crippen molar-refractivity contribution < 1.29 is 84.5 Å². The van der Waals surface area contributed by atoms with Gasteiger partial charge in [-0.05, 0) is 12.5 Å². The maximum absolute atomic E-state index is 14.1. The first-order chi connectivity index (χ1) is 16.7. The fourth-order valence-corrected chi connectivity index (χ4v) is 2.78. The number of alkyl halides is 17. The second-order valence-electron chi connectivity index (χ2n) is 7.75. The van der Waals surface area contributed by atoms with Crippen LogP contribution in [-0.2, 0) is 0 Å². The quantitative estimate of drug-likeness (QED) is 0.248. The lowest BCUT2D eigenvalue weighted by Gasteiger charge is -2.43. The summed E-state index contributed by atoms with van der Waals surface area (Å²) in [6, 6.07) is 3.74. The summed E-state index contributed by atoms with van der Waals surface area (Å²) in [6.45, 7) is 1.33. The SMILES string of the molecule is CCCOc1ccccc1C(O)CC(F)(F)C(F)(F)C(F)(F)C(F)(F)C(F)(F)C(F)(F)C(F)(F)C(F)(F)F. The second-order valence-corrected chi connectivity index (χ2v) is 7.75. The summed E-state index contributed by atoms with van der Waals surface area (Å²) in [5, 5.41) is 9.84. The molecular formula is C19H15F17O2. The van der Waals surface area contributed by atoms with Crippen LogP contribution in [0.25, 0.3) is 0 Å². The smallest absolute Gasteiger partial charge is 0.460 e. The number of benzene rings is 1. The lowest BCUT2D eigenvalue weighted by Crippen LogP contribution is -2.74. The van der Waals surface area contributed by atoms with E-state index in [2.05, 4.69) is 0 Å². The first kappa shape index (κ1) is 33.8. The van der Waals surface area contributed by atoms with Gasteiger partial charge >= 0.3 is 47.6 Å². The van der Waals surface area contributed by atoms with Gasteiger partial charge in [0.2, 0.25) is 0 Å². The summed E-state index contributed by atoms with van der Waals surface area (Å²) in [7, 11) is 0. The topological polar surface area (TPSA) is 29.5 Å². The molecule has 19 heteroatoms. The molecule has 0 fully saturated rings.